The lowest BCUT2D eigenvalue weighted by Crippen LogP contribution is -2.32. The number of anilines is 1. The van der Waals surface area contributed by atoms with Crippen molar-refractivity contribution in [3.05, 3.63) is 29.1 Å². The van der Waals surface area contributed by atoms with E-state index in [0.717, 1.165) is 0 Å². The zero-order chi connectivity index (χ0) is 15.3. The van der Waals surface area contributed by atoms with Gasteiger partial charge >= 0.3 is 6.09 Å². The second-order valence-corrected chi connectivity index (χ2v) is 5.35. The van der Waals surface area contributed by atoms with Crippen LogP contribution in [0.25, 0.3) is 0 Å². The third kappa shape index (κ3) is 5.19. The summed E-state index contributed by atoms with van der Waals surface area (Å²) < 4.78 is 18.6. The van der Waals surface area contributed by atoms with E-state index in [0.29, 0.717) is 11.3 Å². The number of nitrogens with two attached hydrogens (primary N) is 1. The molecule has 0 aliphatic heterocycles. The summed E-state index contributed by atoms with van der Waals surface area (Å²) in [6, 6.07) is 2.81. The first-order valence-corrected chi connectivity index (χ1v) is 6.20. The fraction of sp³-hybridized carbons (Fsp3) is 0.400. The van der Waals surface area contributed by atoms with Gasteiger partial charge in [0, 0.05) is 5.69 Å². The average Bonchev–Trinajstić information content (AvgIpc) is 2.28. The fourth-order valence-electron chi connectivity index (χ4n) is 1.36. The number of nitrogen functional groups attached to an aromatic ring is 1. The predicted octanol–water partition coefficient (Wildman–Crippen LogP) is 2.59. The van der Waals surface area contributed by atoms with Crippen molar-refractivity contribution >= 4 is 11.8 Å². The topological polar surface area (TPSA) is 64.3 Å². The Morgan fingerprint density at radius 2 is 2.10 bits per heavy atom. The van der Waals surface area contributed by atoms with Crippen LogP contribution in [0.1, 0.15) is 31.9 Å². The Morgan fingerprint density at radius 1 is 1.45 bits per heavy atom. The summed E-state index contributed by atoms with van der Waals surface area (Å²) in [6.07, 6.45) is -0.560. The molecular formula is C15H19FN2O2. The van der Waals surface area contributed by atoms with E-state index in [1.807, 2.05) is 0 Å². The lowest BCUT2D eigenvalue weighted by Gasteiger charge is -2.19. The van der Waals surface area contributed by atoms with Gasteiger partial charge in [-0.25, -0.2) is 9.18 Å². The van der Waals surface area contributed by atoms with E-state index in [9.17, 15) is 9.18 Å². The van der Waals surface area contributed by atoms with Crippen LogP contribution < -0.4 is 11.1 Å². The molecule has 0 aliphatic rings. The third-order valence-corrected chi connectivity index (χ3v) is 2.30. The van der Waals surface area contributed by atoms with E-state index in [-0.39, 0.29) is 12.1 Å². The highest BCUT2D eigenvalue weighted by molar-refractivity contribution is 5.68. The van der Waals surface area contributed by atoms with Gasteiger partial charge in [-0.3, -0.25) is 0 Å². The first-order chi connectivity index (χ1) is 9.19. The van der Waals surface area contributed by atoms with Gasteiger partial charge in [0.1, 0.15) is 11.4 Å². The molecule has 0 aliphatic carbocycles. The van der Waals surface area contributed by atoms with Crippen LogP contribution in [0, 0.1) is 24.6 Å². The average molecular weight is 278 g/mol. The molecule has 1 rings (SSSR count). The van der Waals surface area contributed by atoms with Crippen LogP contribution in [0.15, 0.2) is 12.1 Å². The molecular weight excluding hydrogens is 259 g/mol. The summed E-state index contributed by atoms with van der Waals surface area (Å²) in [7, 11) is 0. The molecule has 0 unspecified atom stereocenters. The maximum absolute atomic E-state index is 13.6. The number of benzene rings is 1. The van der Waals surface area contributed by atoms with Crippen LogP contribution in [0.3, 0.4) is 0 Å². The summed E-state index contributed by atoms with van der Waals surface area (Å²) in [5.74, 6) is 4.84. The van der Waals surface area contributed by atoms with Crippen molar-refractivity contribution in [1.29, 1.82) is 0 Å². The number of halogens is 1. The minimum absolute atomic E-state index is 0.0716. The zero-order valence-corrected chi connectivity index (χ0v) is 12.1. The van der Waals surface area contributed by atoms with Crippen LogP contribution in [-0.2, 0) is 4.74 Å². The number of rotatable bonds is 1. The van der Waals surface area contributed by atoms with Crippen molar-refractivity contribution in [2.75, 3.05) is 12.3 Å². The molecule has 0 saturated heterocycles. The van der Waals surface area contributed by atoms with Gasteiger partial charge < -0.3 is 15.8 Å². The lowest BCUT2D eigenvalue weighted by atomic mass is 10.1. The lowest BCUT2D eigenvalue weighted by molar-refractivity contribution is 0.0535. The number of carbonyl (C=O) groups is 1. The molecule has 0 fully saturated rings. The van der Waals surface area contributed by atoms with E-state index in [2.05, 4.69) is 17.2 Å². The van der Waals surface area contributed by atoms with E-state index < -0.39 is 17.5 Å². The van der Waals surface area contributed by atoms with Gasteiger partial charge in [-0.15, -0.1) is 0 Å². The molecule has 0 saturated carbocycles. The first kappa shape index (κ1) is 15.8. The highest BCUT2D eigenvalue weighted by Gasteiger charge is 2.15. The molecule has 4 nitrogen and oxygen atoms in total. The van der Waals surface area contributed by atoms with E-state index >= 15 is 0 Å². The normalized spacial score (nSPS) is 10.4. The third-order valence-electron chi connectivity index (χ3n) is 2.30. The molecule has 20 heavy (non-hydrogen) atoms. The van der Waals surface area contributed by atoms with Crippen molar-refractivity contribution in [2.24, 2.45) is 0 Å². The zero-order valence-electron chi connectivity index (χ0n) is 12.1. The second-order valence-electron chi connectivity index (χ2n) is 5.35. The Bertz CT molecular complexity index is 566. The first-order valence-electron chi connectivity index (χ1n) is 6.20. The van der Waals surface area contributed by atoms with Crippen LogP contribution in [-0.4, -0.2) is 18.2 Å². The van der Waals surface area contributed by atoms with Gasteiger partial charge in [-0.2, -0.15) is 0 Å². The van der Waals surface area contributed by atoms with Crippen molar-refractivity contribution in [2.45, 2.75) is 33.3 Å². The molecule has 3 N–H and O–H groups in total. The quantitative estimate of drug-likeness (QED) is 0.613. The van der Waals surface area contributed by atoms with E-state index in [4.69, 9.17) is 10.5 Å². The van der Waals surface area contributed by atoms with Crippen LogP contribution >= 0.6 is 0 Å². The summed E-state index contributed by atoms with van der Waals surface area (Å²) >= 11 is 0. The predicted molar refractivity (Wildman–Crippen MR) is 76.7 cm³/mol. The number of aryl methyl sites for hydroxylation is 1. The SMILES string of the molecule is Cc1cc(F)c(C#CCNC(=O)OC(C)(C)C)cc1N. The summed E-state index contributed by atoms with van der Waals surface area (Å²) in [6.45, 7) is 7.09. The number of nitrogens with one attached hydrogen (secondary N) is 1. The maximum Gasteiger partial charge on any atom is 0.408 e. The van der Waals surface area contributed by atoms with E-state index in [1.165, 1.54) is 12.1 Å². The maximum atomic E-state index is 13.6. The molecule has 1 aromatic carbocycles. The summed E-state index contributed by atoms with van der Waals surface area (Å²) in [4.78, 5) is 11.3. The Balaban J connectivity index is 2.60. The van der Waals surface area contributed by atoms with Gasteiger partial charge in [0.15, 0.2) is 0 Å². The molecule has 0 heterocycles. The molecule has 108 valence electrons. The van der Waals surface area contributed by atoms with Crippen LogP contribution in [0.5, 0.6) is 0 Å². The monoisotopic (exact) mass is 278 g/mol. The van der Waals surface area contributed by atoms with Gasteiger partial charge in [0.2, 0.25) is 0 Å². The van der Waals surface area contributed by atoms with Gasteiger partial charge in [-0.05, 0) is 45.4 Å². The number of hydrogen-bond acceptors (Lipinski definition) is 3. The Kier molecular flexibility index (Phi) is 4.98. The molecule has 0 radical (unpaired) electrons. The van der Waals surface area contributed by atoms with E-state index in [1.54, 1.807) is 27.7 Å². The standard InChI is InChI=1S/C15H19FN2O2/c1-10-8-12(16)11(9-13(10)17)6-5-7-18-14(19)20-15(2,3)4/h8-9H,7,17H2,1-4H3,(H,18,19). The molecule has 1 amide bonds. The van der Waals surface area contributed by atoms with Gasteiger partial charge in [-0.1, -0.05) is 11.8 Å². The molecule has 1 aromatic rings. The minimum Gasteiger partial charge on any atom is -0.444 e. The van der Waals surface area contributed by atoms with Gasteiger partial charge in [0.05, 0.1) is 12.1 Å². The highest BCUT2D eigenvalue weighted by atomic mass is 19.1. The number of alkyl carbamates (subject to hydrolysis) is 1. The largest absolute Gasteiger partial charge is 0.444 e. The van der Waals surface area contributed by atoms with Crippen molar-refractivity contribution in [1.82, 2.24) is 5.32 Å². The van der Waals surface area contributed by atoms with Crippen molar-refractivity contribution in [3.63, 3.8) is 0 Å². The molecule has 5 heteroatoms. The van der Waals surface area contributed by atoms with Gasteiger partial charge in [0.25, 0.3) is 0 Å². The fourth-order valence-corrected chi connectivity index (χ4v) is 1.36. The molecule has 0 atom stereocenters. The van der Waals surface area contributed by atoms with Crippen LogP contribution in [0.4, 0.5) is 14.9 Å². The highest BCUT2D eigenvalue weighted by Crippen LogP contribution is 2.16. The summed E-state index contributed by atoms with van der Waals surface area (Å²) in [5, 5.41) is 2.47. The van der Waals surface area contributed by atoms with Crippen molar-refractivity contribution in [3.8, 4) is 11.8 Å². The Morgan fingerprint density at radius 3 is 2.70 bits per heavy atom. The molecule has 0 aromatic heterocycles. The van der Waals surface area contributed by atoms with Crippen molar-refractivity contribution < 1.29 is 13.9 Å². The number of carbonyl (C=O) groups excluding carboxylic acids is 1. The summed E-state index contributed by atoms with van der Waals surface area (Å²) in [5.41, 5.74) is 6.48. The minimum atomic E-state index is -0.560. The smallest absolute Gasteiger partial charge is 0.408 e. The second kappa shape index (κ2) is 6.29. The van der Waals surface area contributed by atoms with Crippen LogP contribution in [0.2, 0.25) is 0 Å². The Labute approximate surface area is 118 Å². The number of hydrogen-bond donors (Lipinski definition) is 2. The molecule has 0 bridgehead atoms. The number of amides is 1. The number of ether oxygens (including phenoxy) is 1. The molecule has 0 spiro atoms. The Hall–Kier alpha value is -2.22.